The molecule has 168 valence electrons. The van der Waals surface area contributed by atoms with E-state index >= 15 is 0 Å². The fourth-order valence-corrected chi connectivity index (χ4v) is 5.67. The first-order valence-corrected chi connectivity index (χ1v) is 12.2. The Morgan fingerprint density at radius 2 is 1.56 bits per heavy atom. The van der Waals surface area contributed by atoms with Crippen LogP contribution in [0.15, 0.2) is 65.6 Å². The van der Waals surface area contributed by atoms with E-state index in [2.05, 4.69) is 10.0 Å². The molecule has 0 saturated carbocycles. The fraction of sp³-hybridized carbons (Fsp3) is 0.208. The lowest BCUT2D eigenvalue weighted by Gasteiger charge is -2.21. The number of aryl methyl sites for hydroxylation is 3. The molecular weight excluding hydrogens is 467 g/mol. The van der Waals surface area contributed by atoms with E-state index in [1.54, 1.807) is 38.1 Å². The lowest BCUT2D eigenvalue weighted by atomic mass is 10.1. The number of benzene rings is 3. The number of anilines is 1. The van der Waals surface area contributed by atoms with Crippen molar-refractivity contribution in [1.29, 1.82) is 0 Å². The van der Waals surface area contributed by atoms with Crippen molar-refractivity contribution in [2.75, 3.05) is 5.32 Å². The van der Waals surface area contributed by atoms with Crippen molar-refractivity contribution < 1.29 is 13.2 Å². The summed E-state index contributed by atoms with van der Waals surface area (Å²) in [5, 5.41) is 3.40. The maximum absolute atomic E-state index is 13.3. The van der Waals surface area contributed by atoms with Gasteiger partial charge in [-0.25, -0.2) is 8.42 Å². The number of amides is 1. The maximum atomic E-state index is 13.3. The van der Waals surface area contributed by atoms with Gasteiger partial charge in [0.15, 0.2) is 0 Å². The first-order valence-electron chi connectivity index (χ1n) is 9.97. The van der Waals surface area contributed by atoms with E-state index in [1.165, 1.54) is 6.07 Å². The van der Waals surface area contributed by atoms with Crippen LogP contribution in [-0.4, -0.2) is 20.4 Å². The number of nitrogens with one attached hydrogen (secondary N) is 2. The smallest absolute Gasteiger partial charge is 0.242 e. The number of rotatable bonds is 7. The van der Waals surface area contributed by atoms with Gasteiger partial charge in [0.2, 0.25) is 15.9 Å². The Hall–Kier alpha value is -2.38. The summed E-state index contributed by atoms with van der Waals surface area (Å²) in [5.74, 6) is -0.538. The highest BCUT2D eigenvalue weighted by atomic mass is 35.5. The maximum Gasteiger partial charge on any atom is 0.242 e. The van der Waals surface area contributed by atoms with Crippen molar-refractivity contribution in [1.82, 2.24) is 4.72 Å². The lowest BCUT2D eigenvalue weighted by Crippen LogP contribution is -2.45. The molecule has 0 aliphatic carbocycles. The van der Waals surface area contributed by atoms with Crippen LogP contribution in [0.2, 0.25) is 10.0 Å². The minimum absolute atomic E-state index is 0.161. The molecule has 0 bridgehead atoms. The predicted octanol–water partition coefficient (Wildman–Crippen LogP) is 5.45. The highest BCUT2D eigenvalue weighted by molar-refractivity contribution is 7.89. The molecule has 5 nitrogen and oxygen atoms in total. The molecule has 0 aromatic heterocycles. The number of hydrogen-bond acceptors (Lipinski definition) is 3. The van der Waals surface area contributed by atoms with Gasteiger partial charge in [-0.05, 0) is 62.1 Å². The van der Waals surface area contributed by atoms with Crippen molar-refractivity contribution in [2.24, 2.45) is 0 Å². The molecule has 0 aliphatic rings. The van der Waals surface area contributed by atoms with Crippen molar-refractivity contribution >= 4 is 44.8 Å². The molecule has 0 unspecified atom stereocenters. The van der Waals surface area contributed by atoms with Crippen LogP contribution < -0.4 is 10.0 Å². The minimum atomic E-state index is -3.98. The van der Waals surface area contributed by atoms with E-state index in [-0.39, 0.29) is 11.3 Å². The average molecular weight is 491 g/mol. The van der Waals surface area contributed by atoms with E-state index in [0.29, 0.717) is 26.9 Å². The van der Waals surface area contributed by atoms with Crippen molar-refractivity contribution in [2.45, 2.75) is 38.1 Å². The summed E-state index contributed by atoms with van der Waals surface area (Å²) in [4.78, 5) is 13.3. The van der Waals surface area contributed by atoms with Gasteiger partial charge in [0, 0.05) is 5.02 Å². The van der Waals surface area contributed by atoms with Gasteiger partial charge >= 0.3 is 0 Å². The van der Waals surface area contributed by atoms with Crippen molar-refractivity contribution in [3.63, 3.8) is 0 Å². The molecule has 0 heterocycles. The monoisotopic (exact) mass is 490 g/mol. The molecule has 0 radical (unpaired) electrons. The summed E-state index contributed by atoms with van der Waals surface area (Å²) >= 11 is 12.2. The highest BCUT2D eigenvalue weighted by Crippen LogP contribution is 2.26. The average Bonchev–Trinajstić information content (AvgIpc) is 2.69. The molecular formula is C24H24Cl2N2O3S. The molecule has 0 fully saturated rings. The number of carbonyl (C=O) groups is 1. The van der Waals surface area contributed by atoms with E-state index in [0.717, 1.165) is 11.1 Å². The van der Waals surface area contributed by atoms with Gasteiger partial charge < -0.3 is 5.32 Å². The van der Waals surface area contributed by atoms with Crippen LogP contribution in [0.1, 0.15) is 22.3 Å². The molecule has 3 aromatic carbocycles. The third kappa shape index (κ3) is 5.90. The third-order valence-corrected chi connectivity index (χ3v) is 7.30. The summed E-state index contributed by atoms with van der Waals surface area (Å²) in [6.45, 7) is 5.39. The molecule has 1 atom stereocenters. The Kier molecular flexibility index (Phi) is 7.62. The van der Waals surface area contributed by atoms with Gasteiger partial charge in [-0.2, -0.15) is 4.72 Å². The zero-order valence-corrected chi connectivity index (χ0v) is 20.3. The van der Waals surface area contributed by atoms with Crippen LogP contribution in [0.5, 0.6) is 0 Å². The molecule has 3 rings (SSSR count). The van der Waals surface area contributed by atoms with Gasteiger partial charge in [-0.1, -0.05) is 71.2 Å². The Morgan fingerprint density at radius 3 is 2.19 bits per heavy atom. The summed E-state index contributed by atoms with van der Waals surface area (Å²) in [6.07, 6.45) is 0.161. The van der Waals surface area contributed by atoms with Crippen molar-refractivity contribution in [3.8, 4) is 0 Å². The number of hydrogen-bond donors (Lipinski definition) is 2. The van der Waals surface area contributed by atoms with Crippen LogP contribution >= 0.6 is 23.2 Å². The molecule has 0 aliphatic heterocycles. The summed E-state index contributed by atoms with van der Waals surface area (Å²) < 4.78 is 29.2. The van der Waals surface area contributed by atoms with Gasteiger partial charge in [-0.15, -0.1) is 0 Å². The van der Waals surface area contributed by atoms with Gasteiger partial charge in [-0.3, -0.25) is 4.79 Å². The normalized spacial score (nSPS) is 12.4. The highest BCUT2D eigenvalue weighted by Gasteiger charge is 2.28. The van der Waals surface area contributed by atoms with Crippen LogP contribution in [0.3, 0.4) is 0 Å². The largest absolute Gasteiger partial charge is 0.323 e. The van der Waals surface area contributed by atoms with Gasteiger partial charge in [0.1, 0.15) is 6.04 Å². The number of carbonyl (C=O) groups excluding carboxylic acids is 1. The summed E-state index contributed by atoms with van der Waals surface area (Å²) in [7, 11) is -3.98. The first-order chi connectivity index (χ1) is 15.1. The molecule has 32 heavy (non-hydrogen) atoms. The standard InChI is InChI=1S/C24H24Cl2N2O3S/c1-15-11-16(2)23(17(3)12-15)32(30,31)28-22(13-18-7-5-4-6-8-18)24(29)27-21-14-19(25)9-10-20(21)26/h4-12,14,22,28H,13H2,1-3H3,(H,27,29)/t22-/m0/s1. The Bertz CT molecular complexity index is 1220. The predicted molar refractivity (Wildman–Crippen MR) is 130 cm³/mol. The molecule has 2 N–H and O–H groups in total. The van der Waals surface area contributed by atoms with Crippen LogP contribution in [-0.2, 0) is 21.2 Å². The van der Waals surface area contributed by atoms with Crippen LogP contribution in [0.25, 0.3) is 0 Å². The zero-order valence-electron chi connectivity index (χ0n) is 17.9. The second kappa shape index (κ2) is 10.0. The zero-order chi connectivity index (χ0) is 23.5. The SMILES string of the molecule is Cc1cc(C)c(S(=O)(=O)N[C@@H](Cc2ccccc2)C(=O)Nc2cc(Cl)ccc2Cl)c(C)c1. The Morgan fingerprint density at radius 1 is 0.938 bits per heavy atom. The Balaban J connectivity index is 1.96. The van der Waals surface area contributed by atoms with Gasteiger partial charge in [0.05, 0.1) is 15.6 Å². The Labute approximate surface area is 198 Å². The van der Waals surface area contributed by atoms with Gasteiger partial charge in [0.25, 0.3) is 0 Å². The van der Waals surface area contributed by atoms with Crippen molar-refractivity contribution in [3.05, 3.63) is 93.0 Å². The second-order valence-corrected chi connectivity index (χ2v) is 10.2. The van der Waals surface area contributed by atoms with E-state index < -0.39 is 22.0 Å². The van der Waals surface area contributed by atoms with Crippen LogP contribution in [0.4, 0.5) is 5.69 Å². The van der Waals surface area contributed by atoms with E-state index in [1.807, 2.05) is 37.3 Å². The third-order valence-electron chi connectivity index (χ3n) is 4.96. The molecule has 1 amide bonds. The second-order valence-electron chi connectivity index (χ2n) is 7.70. The summed E-state index contributed by atoms with van der Waals surface area (Å²) in [6, 6.07) is 16.4. The number of sulfonamides is 1. The lowest BCUT2D eigenvalue weighted by molar-refractivity contribution is -0.117. The van der Waals surface area contributed by atoms with Crippen LogP contribution in [0, 0.1) is 20.8 Å². The number of halogens is 2. The quantitative estimate of drug-likeness (QED) is 0.462. The summed E-state index contributed by atoms with van der Waals surface area (Å²) in [5.41, 5.74) is 3.32. The molecule has 3 aromatic rings. The van der Waals surface area contributed by atoms with E-state index in [9.17, 15) is 13.2 Å². The minimum Gasteiger partial charge on any atom is -0.323 e. The first kappa shape index (κ1) is 24.3. The topological polar surface area (TPSA) is 75.3 Å². The molecule has 0 saturated heterocycles. The molecule has 8 heteroatoms. The van der Waals surface area contributed by atoms with E-state index in [4.69, 9.17) is 23.2 Å². The molecule has 0 spiro atoms. The fourth-order valence-electron chi connectivity index (χ4n) is 3.69.